The van der Waals surface area contributed by atoms with Gasteiger partial charge in [-0.2, -0.15) is 0 Å². The van der Waals surface area contributed by atoms with E-state index in [-0.39, 0.29) is 17.6 Å². The van der Waals surface area contributed by atoms with E-state index in [0.29, 0.717) is 24.0 Å². The molecule has 2 aliphatic rings. The van der Waals surface area contributed by atoms with E-state index in [1.807, 2.05) is 39.0 Å². The summed E-state index contributed by atoms with van der Waals surface area (Å²) in [6, 6.07) is 5.29. The van der Waals surface area contributed by atoms with Gasteiger partial charge in [0.15, 0.2) is 0 Å². The molecule has 4 rings (SSSR count). The largest absolute Gasteiger partial charge is 0.444 e. The molecule has 132 valence electrons. The Morgan fingerprint density at radius 3 is 2.76 bits per heavy atom. The summed E-state index contributed by atoms with van der Waals surface area (Å²) in [4.78, 5) is 18.6. The maximum Gasteiger partial charge on any atom is 0.410 e. The van der Waals surface area contributed by atoms with Gasteiger partial charge >= 0.3 is 6.09 Å². The second-order valence-corrected chi connectivity index (χ2v) is 7.99. The summed E-state index contributed by atoms with van der Waals surface area (Å²) in [5.41, 5.74) is 0.292. The van der Waals surface area contributed by atoms with E-state index in [4.69, 9.17) is 9.15 Å². The molecular formula is C18H22N4O3. The van der Waals surface area contributed by atoms with Crippen LogP contribution in [-0.4, -0.2) is 38.3 Å². The first kappa shape index (κ1) is 16.1. The lowest BCUT2D eigenvalue weighted by atomic mass is 10.0. The molecule has 0 aromatic carbocycles. The highest BCUT2D eigenvalue weighted by molar-refractivity contribution is 5.69. The van der Waals surface area contributed by atoms with Crippen molar-refractivity contribution in [3.63, 3.8) is 0 Å². The Labute approximate surface area is 146 Å². The third-order valence-corrected chi connectivity index (χ3v) is 4.70. The zero-order chi connectivity index (χ0) is 17.7. The average Bonchev–Trinajstić information content (AvgIpc) is 2.97. The number of carbonyl (C=O) groups excluding carboxylic acids is 1. The monoisotopic (exact) mass is 342 g/mol. The molecule has 0 N–H and O–H groups in total. The Kier molecular flexibility index (Phi) is 3.56. The van der Waals surface area contributed by atoms with Crippen LogP contribution in [-0.2, 0) is 4.74 Å². The van der Waals surface area contributed by atoms with Crippen molar-refractivity contribution < 1.29 is 13.9 Å². The molecule has 3 heterocycles. The van der Waals surface area contributed by atoms with Crippen LogP contribution in [0.1, 0.15) is 52.0 Å². The molecule has 1 saturated carbocycles. The van der Waals surface area contributed by atoms with E-state index in [0.717, 1.165) is 19.3 Å². The fourth-order valence-corrected chi connectivity index (χ4v) is 3.29. The fraction of sp³-hybridized carbons (Fsp3) is 0.556. The van der Waals surface area contributed by atoms with Gasteiger partial charge in [-0.05, 0) is 57.6 Å². The van der Waals surface area contributed by atoms with E-state index in [2.05, 4.69) is 15.2 Å². The predicted octanol–water partition coefficient (Wildman–Crippen LogP) is 3.59. The maximum absolute atomic E-state index is 12.6. The number of carbonyl (C=O) groups is 1. The minimum absolute atomic E-state index is 0.196. The summed E-state index contributed by atoms with van der Waals surface area (Å²) >= 11 is 0. The molecule has 1 amide bonds. The first-order valence-corrected chi connectivity index (χ1v) is 8.60. The van der Waals surface area contributed by atoms with Crippen LogP contribution in [0, 0.1) is 5.41 Å². The zero-order valence-corrected chi connectivity index (χ0v) is 14.7. The molecule has 0 bridgehead atoms. The molecule has 2 fully saturated rings. The normalized spacial score (nSPS) is 21.6. The van der Waals surface area contributed by atoms with Gasteiger partial charge < -0.3 is 9.15 Å². The van der Waals surface area contributed by atoms with Gasteiger partial charge in [-0.3, -0.25) is 9.88 Å². The van der Waals surface area contributed by atoms with Crippen molar-refractivity contribution in [3.05, 3.63) is 30.3 Å². The van der Waals surface area contributed by atoms with Gasteiger partial charge in [-0.1, -0.05) is 6.07 Å². The molecule has 0 radical (unpaired) electrons. The predicted molar refractivity (Wildman–Crippen MR) is 89.5 cm³/mol. The molecule has 1 spiro atoms. The van der Waals surface area contributed by atoms with Crippen LogP contribution < -0.4 is 0 Å². The minimum Gasteiger partial charge on any atom is -0.444 e. The number of likely N-dealkylation sites (tertiary alicyclic amines) is 1. The lowest BCUT2D eigenvalue weighted by molar-refractivity contribution is 0.0198. The van der Waals surface area contributed by atoms with Gasteiger partial charge in [0.05, 0.1) is 0 Å². The molecule has 2 aromatic rings. The summed E-state index contributed by atoms with van der Waals surface area (Å²) in [5, 5.41) is 8.30. The summed E-state index contributed by atoms with van der Waals surface area (Å²) in [6.07, 6.45) is 4.46. The Bertz CT molecular complexity index is 777. The van der Waals surface area contributed by atoms with Gasteiger partial charge in [-0.25, -0.2) is 4.79 Å². The van der Waals surface area contributed by atoms with Crippen LogP contribution in [0.3, 0.4) is 0 Å². The quantitative estimate of drug-likeness (QED) is 0.829. The summed E-state index contributed by atoms with van der Waals surface area (Å²) in [6.45, 7) is 6.30. The van der Waals surface area contributed by atoms with E-state index in [9.17, 15) is 4.79 Å². The Hall–Kier alpha value is -2.44. The molecule has 2 aromatic heterocycles. The van der Waals surface area contributed by atoms with Crippen LogP contribution in [0.2, 0.25) is 0 Å². The maximum atomic E-state index is 12.6. The van der Waals surface area contributed by atoms with E-state index in [1.165, 1.54) is 0 Å². The van der Waals surface area contributed by atoms with Crippen molar-refractivity contribution in [1.29, 1.82) is 0 Å². The number of rotatable bonds is 2. The number of pyridine rings is 1. The van der Waals surface area contributed by atoms with E-state index < -0.39 is 5.60 Å². The average molecular weight is 342 g/mol. The smallest absolute Gasteiger partial charge is 0.410 e. The standard InChI is InChI=1S/C18H22N4O3/c1-17(2,3)25-16(23)22-11-18(7-8-18)10-13(22)15-21-20-14(24-15)12-6-4-5-9-19-12/h4-6,9,13H,7-8,10-11H2,1-3H3/t13-/m0/s1. The van der Waals surface area contributed by atoms with Crippen LogP contribution >= 0.6 is 0 Å². The molecule has 1 saturated heterocycles. The fourth-order valence-electron chi connectivity index (χ4n) is 3.29. The van der Waals surface area contributed by atoms with Crippen molar-refractivity contribution >= 4 is 6.09 Å². The van der Waals surface area contributed by atoms with Crippen molar-refractivity contribution in [1.82, 2.24) is 20.1 Å². The lowest BCUT2D eigenvalue weighted by Crippen LogP contribution is -2.37. The topological polar surface area (TPSA) is 81.4 Å². The molecule has 1 aliphatic heterocycles. The Morgan fingerprint density at radius 2 is 2.12 bits per heavy atom. The zero-order valence-electron chi connectivity index (χ0n) is 14.7. The van der Waals surface area contributed by atoms with Crippen LogP contribution in [0.4, 0.5) is 4.79 Å². The number of hydrogen-bond donors (Lipinski definition) is 0. The number of ether oxygens (including phenoxy) is 1. The second kappa shape index (κ2) is 5.54. The number of nitrogens with zero attached hydrogens (tertiary/aromatic N) is 4. The van der Waals surface area contributed by atoms with Crippen molar-refractivity contribution in [3.8, 4) is 11.6 Å². The first-order chi connectivity index (χ1) is 11.9. The van der Waals surface area contributed by atoms with Crippen molar-refractivity contribution in [2.24, 2.45) is 5.41 Å². The number of amides is 1. The Balaban J connectivity index is 1.59. The van der Waals surface area contributed by atoms with E-state index >= 15 is 0 Å². The summed E-state index contributed by atoms with van der Waals surface area (Å²) < 4.78 is 11.4. The molecule has 1 atom stereocenters. The summed E-state index contributed by atoms with van der Waals surface area (Å²) in [5.74, 6) is 0.826. The molecular weight excluding hydrogens is 320 g/mol. The molecule has 25 heavy (non-hydrogen) atoms. The third-order valence-electron chi connectivity index (χ3n) is 4.70. The van der Waals surface area contributed by atoms with Crippen molar-refractivity contribution in [2.75, 3.05) is 6.54 Å². The third kappa shape index (κ3) is 3.23. The van der Waals surface area contributed by atoms with Crippen LogP contribution in [0.5, 0.6) is 0 Å². The highest BCUT2D eigenvalue weighted by Gasteiger charge is 2.55. The van der Waals surface area contributed by atoms with E-state index in [1.54, 1.807) is 11.1 Å². The van der Waals surface area contributed by atoms with Gasteiger partial charge in [0, 0.05) is 12.7 Å². The van der Waals surface area contributed by atoms with Crippen LogP contribution in [0.15, 0.2) is 28.8 Å². The molecule has 0 unspecified atom stereocenters. The lowest BCUT2D eigenvalue weighted by Gasteiger charge is -2.27. The highest BCUT2D eigenvalue weighted by Crippen LogP contribution is 2.58. The van der Waals surface area contributed by atoms with Gasteiger partial charge in [0.2, 0.25) is 5.89 Å². The van der Waals surface area contributed by atoms with Crippen LogP contribution in [0.25, 0.3) is 11.6 Å². The highest BCUT2D eigenvalue weighted by atomic mass is 16.6. The Morgan fingerprint density at radius 1 is 1.32 bits per heavy atom. The van der Waals surface area contributed by atoms with Gasteiger partial charge in [0.1, 0.15) is 17.3 Å². The van der Waals surface area contributed by atoms with Gasteiger partial charge in [0.25, 0.3) is 5.89 Å². The molecule has 7 heteroatoms. The SMILES string of the molecule is CC(C)(C)OC(=O)N1CC2(CC2)C[C@H]1c1nnc(-c2ccccn2)o1. The number of aromatic nitrogens is 3. The molecule has 1 aliphatic carbocycles. The number of hydrogen-bond acceptors (Lipinski definition) is 6. The summed E-state index contributed by atoms with van der Waals surface area (Å²) in [7, 11) is 0. The van der Waals surface area contributed by atoms with Gasteiger partial charge in [-0.15, -0.1) is 10.2 Å². The second-order valence-electron chi connectivity index (χ2n) is 7.99. The molecule has 7 nitrogen and oxygen atoms in total. The van der Waals surface area contributed by atoms with Crippen molar-refractivity contribution in [2.45, 2.75) is 51.7 Å². The minimum atomic E-state index is -0.533. The first-order valence-electron chi connectivity index (χ1n) is 8.60.